The fourth-order valence-corrected chi connectivity index (χ4v) is 2.48. The number of imidazole rings is 1. The zero-order valence-electron chi connectivity index (χ0n) is 14.2. The van der Waals surface area contributed by atoms with Gasteiger partial charge in [0.1, 0.15) is 5.75 Å². The monoisotopic (exact) mass is 335 g/mol. The second-order valence-electron chi connectivity index (χ2n) is 5.83. The standard InChI is InChI=1S/C20H21N3O2/c1-16-4-2-5-19(14-16)25-13-3-6-20(24)22-17-7-9-18(10-8-17)23-12-11-21-15-23/h2,4-5,7-12,14-15H,3,6,13H2,1H3,(H,22,24). The Balaban J connectivity index is 1.41. The van der Waals surface area contributed by atoms with Crippen LogP contribution in [0.1, 0.15) is 18.4 Å². The summed E-state index contributed by atoms with van der Waals surface area (Å²) >= 11 is 0. The molecule has 0 bridgehead atoms. The molecule has 25 heavy (non-hydrogen) atoms. The molecule has 5 nitrogen and oxygen atoms in total. The van der Waals surface area contributed by atoms with Gasteiger partial charge in [-0.05, 0) is 55.3 Å². The van der Waals surface area contributed by atoms with E-state index in [0.29, 0.717) is 19.4 Å². The average Bonchev–Trinajstić information content (AvgIpc) is 3.14. The van der Waals surface area contributed by atoms with Crippen molar-refractivity contribution < 1.29 is 9.53 Å². The van der Waals surface area contributed by atoms with Gasteiger partial charge in [-0.3, -0.25) is 4.79 Å². The van der Waals surface area contributed by atoms with Crippen molar-refractivity contribution in [1.82, 2.24) is 9.55 Å². The second-order valence-corrected chi connectivity index (χ2v) is 5.83. The van der Waals surface area contributed by atoms with Crippen LogP contribution >= 0.6 is 0 Å². The second kappa shape index (κ2) is 8.15. The molecule has 0 unspecified atom stereocenters. The van der Waals surface area contributed by atoms with Crippen LogP contribution in [0.5, 0.6) is 5.75 Å². The SMILES string of the molecule is Cc1cccc(OCCCC(=O)Nc2ccc(-n3ccnc3)cc2)c1. The minimum Gasteiger partial charge on any atom is -0.494 e. The summed E-state index contributed by atoms with van der Waals surface area (Å²) in [5, 5.41) is 2.90. The molecule has 0 saturated carbocycles. The quantitative estimate of drug-likeness (QED) is 0.665. The van der Waals surface area contributed by atoms with Crippen LogP contribution in [0.2, 0.25) is 0 Å². The van der Waals surface area contributed by atoms with Gasteiger partial charge in [0, 0.05) is 30.2 Å². The van der Waals surface area contributed by atoms with E-state index in [9.17, 15) is 4.79 Å². The lowest BCUT2D eigenvalue weighted by molar-refractivity contribution is -0.116. The lowest BCUT2D eigenvalue weighted by Gasteiger charge is -2.08. The minimum absolute atomic E-state index is 0.0109. The van der Waals surface area contributed by atoms with E-state index in [-0.39, 0.29) is 5.91 Å². The molecule has 3 aromatic rings. The number of anilines is 1. The van der Waals surface area contributed by atoms with Gasteiger partial charge >= 0.3 is 0 Å². The third-order valence-electron chi connectivity index (χ3n) is 3.76. The van der Waals surface area contributed by atoms with Crippen LogP contribution in [-0.4, -0.2) is 22.1 Å². The molecule has 1 heterocycles. The van der Waals surface area contributed by atoms with E-state index in [1.54, 1.807) is 12.5 Å². The lowest BCUT2D eigenvalue weighted by atomic mass is 10.2. The highest BCUT2D eigenvalue weighted by Gasteiger charge is 2.03. The third-order valence-corrected chi connectivity index (χ3v) is 3.76. The maximum absolute atomic E-state index is 12.0. The highest BCUT2D eigenvalue weighted by atomic mass is 16.5. The molecular weight excluding hydrogens is 314 g/mol. The predicted molar refractivity (Wildman–Crippen MR) is 98.1 cm³/mol. The zero-order valence-corrected chi connectivity index (χ0v) is 14.2. The summed E-state index contributed by atoms with van der Waals surface area (Å²) in [6.45, 7) is 2.55. The zero-order chi connectivity index (χ0) is 17.5. The van der Waals surface area contributed by atoms with Gasteiger partial charge in [0.2, 0.25) is 5.91 Å². The molecule has 0 fully saturated rings. The van der Waals surface area contributed by atoms with E-state index in [0.717, 1.165) is 22.7 Å². The molecule has 0 spiro atoms. The Morgan fingerprint density at radius 2 is 2.04 bits per heavy atom. The maximum atomic E-state index is 12.0. The molecule has 0 aliphatic rings. The van der Waals surface area contributed by atoms with Crippen molar-refractivity contribution in [3.05, 3.63) is 72.8 Å². The summed E-state index contributed by atoms with van der Waals surface area (Å²) in [4.78, 5) is 16.0. The van der Waals surface area contributed by atoms with E-state index in [1.165, 1.54) is 0 Å². The summed E-state index contributed by atoms with van der Waals surface area (Å²) in [7, 11) is 0. The van der Waals surface area contributed by atoms with Crippen molar-refractivity contribution in [3.63, 3.8) is 0 Å². The van der Waals surface area contributed by atoms with Crippen molar-refractivity contribution in [2.75, 3.05) is 11.9 Å². The number of benzene rings is 2. The van der Waals surface area contributed by atoms with Gasteiger partial charge in [-0.15, -0.1) is 0 Å². The first-order valence-electron chi connectivity index (χ1n) is 8.28. The number of hydrogen-bond acceptors (Lipinski definition) is 3. The molecule has 5 heteroatoms. The van der Waals surface area contributed by atoms with Crippen molar-refractivity contribution in [1.29, 1.82) is 0 Å². The van der Waals surface area contributed by atoms with Gasteiger partial charge in [-0.25, -0.2) is 4.98 Å². The number of amides is 1. The van der Waals surface area contributed by atoms with Crippen LogP contribution in [0.15, 0.2) is 67.3 Å². The third kappa shape index (κ3) is 4.94. The number of nitrogens with zero attached hydrogens (tertiary/aromatic N) is 2. The molecule has 0 atom stereocenters. The summed E-state index contributed by atoms with van der Waals surface area (Å²) in [5.74, 6) is 0.832. The highest BCUT2D eigenvalue weighted by molar-refractivity contribution is 5.90. The molecule has 128 valence electrons. The number of aryl methyl sites for hydroxylation is 1. The lowest BCUT2D eigenvalue weighted by Crippen LogP contribution is -2.12. The molecule has 2 aromatic carbocycles. The number of hydrogen-bond donors (Lipinski definition) is 1. The summed E-state index contributed by atoms with van der Waals surface area (Å²) < 4.78 is 7.57. The fraction of sp³-hybridized carbons (Fsp3) is 0.200. The van der Waals surface area contributed by atoms with E-state index >= 15 is 0 Å². The van der Waals surface area contributed by atoms with Crippen LogP contribution in [0.3, 0.4) is 0 Å². The van der Waals surface area contributed by atoms with Crippen molar-refractivity contribution >= 4 is 11.6 Å². The Labute approximate surface area is 147 Å². The molecule has 0 saturated heterocycles. The van der Waals surface area contributed by atoms with Crippen LogP contribution in [0.25, 0.3) is 5.69 Å². The molecule has 0 radical (unpaired) electrons. The maximum Gasteiger partial charge on any atom is 0.224 e. The summed E-state index contributed by atoms with van der Waals surface area (Å²) in [6.07, 6.45) is 6.44. The molecule has 0 aliphatic carbocycles. The minimum atomic E-state index is -0.0109. The number of carbonyl (C=O) groups excluding carboxylic acids is 1. The molecule has 3 rings (SSSR count). The molecule has 0 aliphatic heterocycles. The molecule has 1 aromatic heterocycles. The summed E-state index contributed by atoms with van der Waals surface area (Å²) in [5.41, 5.74) is 2.95. The first kappa shape index (κ1) is 16.8. The van der Waals surface area contributed by atoms with Crippen molar-refractivity contribution in [2.24, 2.45) is 0 Å². The van der Waals surface area contributed by atoms with E-state index in [4.69, 9.17) is 4.74 Å². The van der Waals surface area contributed by atoms with Gasteiger partial charge in [-0.1, -0.05) is 12.1 Å². The van der Waals surface area contributed by atoms with Crippen LogP contribution in [0.4, 0.5) is 5.69 Å². The Morgan fingerprint density at radius 3 is 2.76 bits per heavy atom. The number of carbonyl (C=O) groups is 1. The Bertz CT molecular complexity index is 811. The average molecular weight is 335 g/mol. The fourth-order valence-electron chi connectivity index (χ4n) is 2.48. The van der Waals surface area contributed by atoms with Crippen LogP contribution in [0, 0.1) is 6.92 Å². The van der Waals surface area contributed by atoms with Gasteiger partial charge < -0.3 is 14.6 Å². The number of ether oxygens (including phenoxy) is 1. The van der Waals surface area contributed by atoms with Gasteiger partial charge in [-0.2, -0.15) is 0 Å². The topological polar surface area (TPSA) is 56.1 Å². The van der Waals surface area contributed by atoms with Crippen molar-refractivity contribution in [2.45, 2.75) is 19.8 Å². The van der Waals surface area contributed by atoms with Crippen LogP contribution < -0.4 is 10.1 Å². The number of nitrogens with one attached hydrogen (secondary N) is 1. The Morgan fingerprint density at radius 1 is 1.20 bits per heavy atom. The summed E-state index contributed by atoms with van der Waals surface area (Å²) in [6, 6.07) is 15.6. The molecule has 1 N–H and O–H groups in total. The largest absolute Gasteiger partial charge is 0.494 e. The van der Waals surface area contributed by atoms with E-state index in [2.05, 4.69) is 10.3 Å². The first-order valence-corrected chi connectivity index (χ1v) is 8.28. The van der Waals surface area contributed by atoms with E-state index in [1.807, 2.05) is 66.2 Å². The highest BCUT2D eigenvalue weighted by Crippen LogP contribution is 2.14. The van der Waals surface area contributed by atoms with Gasteiger partial charge in [0.05, 0.1) is 12.9 Å². The number of aromatic nitrogens is 2. The number of rotatable bonds is 7. The molecule has 1 amide bonds. The predicted octanol–water partition coefficient (Wildman–Crippen LogP) is 3.98. The van der Waals surface area contributed by atoms with Crippen molar-refractivity contribution in [3.8, 4) is 11.4 Å². The van der Waals surface area contributed by atoms with E-state index < -0.39 is 0 Å². The Hall–Kier alpha value is -3.08. The normalized spacial score (nSPS) is 10.4. The van der Waals surface area contributed by atoms with Gasteiger partial charge in [0.15, 0.2) is 0 Å². The smallest absolute Gasteiger partial charge is 0.224 e. The first-order chi connectivity index (χ1) is 12.2. The van der Waals surface area contributed by atoms with Gasteiger partial charge in [0.25, 0.3) is 0 Å². The Kier molecular flexibility index (Phi) is 5.46. The van der Waals surface area contributed by atoms with Crippen LogP contribution in [-0.2, 0) is 4.79 Å². The molecular formula is C20H21N3O2.